The number of aromatic amines is 2. The van der Waals surface area contributed by atoms with Crippen LogP contribution in [0, 0.1) is 6.07 Å². The molecule has 251 valence electrons. The smallest absolute Gasteiger partial charge is 0.439 e. The van der Waals surface area contributed by atoms with Gasteiger partial charge in [-0.1, -0.05) is 0 Å². The number of benzene rings is 1. The molecule has 0 spiro atoms. The largest absolute Gasteiger partial charge is 5.00 e. The third-order valence-electron chi connectivity index (χ3n) is 4.65. The van der Waals surface area contributed by atoms with Crippen molar-refractivity contribution in [3.05, 3.63) is 108 Å². The fourth-order valence-electron chi connectivity index (χ4n) is 3.29. The second-order valence-corrected chi connectivity index (χ2v) is 9.59. The minimum atomic E-state index is -2.86. The Morgan fingerprint density at radius 1 is 0.468 bits per heavy atom. The molecule has 16 nitrogen and oxygen atoms in total. The summed E-state index contributed by atoms with van der Waals surface area (Å²) in [4.78, 5) is 16.0. The minimum absolute atomic E-state index is 0. The van der Waals surface area contributed by atoms with Gasteiger partial charge in [0, 0.05) is 66.0 Å². The van der Waals surface area contributed by atoms with E-state index in [2.05, 4.69) is 56.3 Å². The normalized spacial score (nSPS) is 10.4. The molecule has 1 radical (unpaired) electrons. The van der Waals surface area contributed by atoms with E-state index in [0.29, 0.717) is 0 Å². The van der Waals surface area contributed by atoms with Crippen LogP contribution in [-0.4, -0.2) is 38.1 Å². The monoisotopic (exact) mass is 767 g/mol. The van der Waals surface area contributed by atoms with E-state index >= 15 is 0 Å². The first-order valence-electron chi connectivity index (χ1n) is 11.8. The third-order valence-corrected chi connectivity index (χ3v) is 4.65. The number of nitrogens with one attached hydrogen (secondary N) is 2. The average Bonchev–Trinajstić information content (AvgIpc) is 3.75. The van der Waals surface area contributed by atoms with E-state index in [1.165, 1.54) is 0 Å². The second kappa shape index (κ2) is 24.2. The number of fused-ring (bicyclic) bond motifs is 8. The Kier molecular flexibility index (Phi) is 22.1. The van der Waals surface area contributed by atoms with Gasteiger partial charge in [0.05, 0.1) is 22.8 Å². The molecule has 2 aliphatic rings. The molecule has 47 heavy (non-hydrogen) atoms. The van der Waals surface area contributed by atoms with Crippen LogP contribution in [0.15, 0.2) is 78.9 Å². The van der Waals surface area contributed by atoms with Crippen LogP contribution in [0.1, 0.15) is 22.8 Å². The molecule has 4 aromatic rings. The molecule has 6 rings (SSSR count). The maximum atomic E-state index is 8.56. The SMILES string of the molecule is C1=Cc2cc3ccc(cc4ccc(cc5nc(cc1n2)C=C5)[nH]4)[nH]3.O=[S-](=O)O.O=[S-](=O)O.O=[S-](=O)O.O=[S-](=O)O.[Fe+5].[c-]1ccccc1. The first-order valence-corrected chi connectivity index (χ1v) is 15.9. The van der Waals surface area contributed by atoms with Crippen LogP contribution in [0.2, 0.25) is 0 Å². The fraction of sp³-hybridized carbons (Fsp3) is 0. The van der Waals surface area contributed by atoms with Gasteiger partial charge in [0.25, 0.3) is 0 Å². The summed E-state index contributed by atoms with van der Waals surface area (Å²) in [6.45, 7) is 0. The summed E-state index contributed by atoms with van der Waals surface area (Å²) in [5.74, 6) is 0. The van der Waals surface area contributed by atoms with E-state index < -0.39 is 43.9 Å². The van der Waals surface area contributed by atoms with Crippen molar-refractivity contribution in [2.24, 2.45) is 0 Å². The van der Waals surface area contributed by atoms with Crippen molar-refractivity contribution in [3.63, 3.8) is 0 Å². The van der Waals surface area contributed by atoms with Gasteiger partial charge in [-0.15, -0.1) is 0 Å². The summed E-state index contributed by atoms with van der Waals surface area (Å²) in [7, 11) is -11.4. The van der Waals surface area contributed by atoms with Gasteiger partial charge in [0.15, 0.2) is 0 Å². The quantitative estimate of drug-likeness (QED) is 0.0381. The number of hydrogen-bond acceptors (Lipinski definition) is 14. The van der Waals surface area contributed by atoms with Gasteiger partial charge >= 0.3 is 17.1 Å². The Labute approximate surface area is 285 Å². The van der Waals surface area contributed by atoms with Crippen molar-refractivity contribution < 1.29 is 69.0 Å². The van der Waals surface area contributed by atoms with Gasteiger partial charge in [0.1, 0.15) is 0 Å². The van der Waals surface area contributed by atoms with Gasteiger partial charge in [0.2, 0.25) is 0 Å². The Morgan fingerprint density at radius 2 is 0.745 bits per heavy atom. The van der Waals surface area contributed by atoms with Crippen molar-refractivity contribution in [3.8, 4) is 0 Å². The van der Waals surface area contributed by atoms with E-state index in [-0.39, 0.29) is 17.1 Å². The molecule has 0 amide bonds. The molecule has 8 bridgehead atoms. The van der Waals surface area contributed by atoms with Crippen molar-refractivity contribution in [1.82, 2.24) is 19.9 Å². The van der Waals surface area contributed by atoms with Crippen molar-refractivity contribution in [2.45, 2.75) is 0 Å². The van der Waals surface area contributed by atoms with Gasteiger partial charge < -0.3 is 61.9 Å². The van der Waals surface area contributed by atoms with Crippen LogP contribution >= 0.6 is 0 Å². The van der Waals surface area contributed by atoms with Gasteiger partial charge in [-0.25, -0.2) is 9.97 Å². The van der Waals surface area contributed by atoms with E-state index in [1.807, 2.05) is 72.8 Å². The first-order chi connectivity index (χ1) is 21.7. The molecule has 0 saturated heterocycles. The van der Waals surface area contributed by atoms with Gasteiger partial charge in [-0.2, -0.15) is 36.4 Å². The number of rotatable bonds is 0. The predicted molar refractivity (Wildman–Crippen MR) is 170 cm³/mol. The van der Waals surface area contributed by atoms with Gasteiger partial charge in [-0.3, -0.25) is 0 Å². The van der Waals surface area contributed by atoms with Crippen LogP contribution in [0.5, 0.6) is 0 Å². The molecular weight excluding hydrogens is 744 g/mol. The molecule has 21 heteroatoms. The van der Waals surface area contributed by atoms with Crippen molar-refractivity contribution >= 4 is 90.3 Å². The number of hydrogen-bond donors (Lipinski definition) is 6. The second-order valence-electron chi connectivity index (χ2n) is 7.85. The summed E-state index contributed by atoms with van der Waals surface area (Å²) < 4.78 is 96.3. The van der Waals surface area contributed by atoms with E-state index in [1.54, 1.807) is 0 Å². The summed E-state index contributed by atoms with van der Waals surface area (Å²) >= 11 is 0. The number of H-pyrrole nitrogens is 2. The summed E-state index contributed by atoms with van der Waals surface area (Å²) in [6, 6.07) is 28.9. The number of aromatic nitrogens is 4. The zero-order chi connectivity index (χ0) is 34.5. The van der Waals surface area contributed by atoms with Crippen molar-refractivity contribution in [2.75, 3.05) is 0 Å². The Bertz CT molecular complexity index is 1860. The Morgan fingerprint density at radius 3 is 1.00 bits per heavy atom. The van der Waals surface area contributed by atoms with Crippen molar-refractivity contribution in [1.29, 1.82) is 0 Å². The summed E-state index contributed by atoms with van der Waals surface area (Å²) in [5.41, 5.74) is 7.86. The van der Waals surface area contributed by atoms with Crippen LogP contribution in [0.4, 0.5) is 0 Å². The molecule has 0 unspecified atom stereocenters. The fourth-order valence-corrected chi connectivity index (χ4v) is 3.29. The van der Waals surface area contributed by atoms with E-state index in [0.717, 1.165) is 44.8 Å². The van der Waals surface area contributed by atoms with Crippen LogP contribution in [-0.2, 0) is 94.7 Å². The predicted octanol–water partition coefficient (Wildman–Crippen LogP) is 5.21. The maximum absolute atomic E-state index is 8.56. The molecule has 2 aliphatic heterocycles. The van der Waals surface area contributed by atoms with Crippen LogP contribution in [0.25, 0.3) is 46.4 Å². The molecule has 0 fully saturated rings. The first kappa shape index (κ1) is 43.0. The maximum Gasteiger partial charge on any atom is 5.00 e. The molecule has 5 heterocycles. The molecule has 1 aromatic carbocycles. The molecule has 0 aliphatic carbocycles. The third kappa shape index (κ3) is 23.0. The van der Waals surface area contributed by atoms with E-state index in [4.69, 9.17) is 51.9 Å². The molecule has 0 atom stereocenters. The molecule has 6 N–H and O–H groups in total. The van der Waals surface area contributed by atoms with Crippen LogP contribution < -0.4 is 0 Å². The summed E-state index contributed by atoms with van der Waals surface area (Å²) in [6.07, 6.45) is 8.05. The number of nitrogens with zero attached hydrogens (tertiary/aromatic N) is 2. The van der Waals surface area contributed by atoms with E-state index in [9.17, 15) is 0 Å². The van der Waals surface area contributed by atoms with Gasteiger partial charge in [-0.05, 0) is 72.8 Å². The topological polar surface area (TPSA) is 275 Å². The Hall–Kier alpha value is -4.02. The molecular formula is C26H23FeN4O12S4. The zero-order valence-electron chi connectivity index (χ0n) is 23.3. The van der Waals surface area contributed by atoms with Crippen LogP contribution in [0.3, 0.4) is 0 Å². The minimum Gasteiger partial charge on any atom is -0.439 e. The summed E-state index contributed by atoms with van der Waals surface area (Å²) in [5, 5.41) is 0. The average molecular weight is 768 g/mol. The Balaban J connectivity index is 0.000000756. The molecule has 0 saturated carbocycles. The zero-order valence-corrected chi connectivity index (χ0v) is 27.6. The standard InChI is InChI=1S/C20H14N4.C6H5.Fe.4HO3S/c1-2-14-10-16-5-6-18(23-16)12-20-8-7-19(24-20)11-17-4-3-15(22-17)9-13(1)21-14;1-2-4-6-5-3-1;;4*1-4(2)3/h1-12,21-22H;1-5H;;4*(H,1,2,3)/q;-1;+5;4*-1. The molecule has 3 aromatic heterocycles.